The summed E-state index contributed by atoms with van der Waals surface area (Å²) in [4.78, 5) is 12.6. The van der Waals surface area contributed by atoms with Gasteiger partial charge in [-0.15, -0.1) is 0 Å². The molecular formula is C22H27ClN2O3S. The number of sulfonamides is 1. The maximum atomic E-state index is 12.6. The normalized spacial score (nSPS) is 15.9. The van der Waals surface area contributed by atoms with Crippen molar-refractivity contribution in [1.29, 1.82) is 0 Å². The van der Waals surface area contributed by atoms with Gasteiger partial charge in [-0.05, 0) is 61.9 Å². The predicted octanol–water partition coefficient (Wildman–Crippen LogP) is 4.26. The SMILES string of the molecule is Cc1cc(Cl)ccc1NC(=O)C1CCN(S(=O)(=O)CCCc2ccccc2)CC1. The summed E-state index contributed by atoms with van der Waals surface area (Å²) in [5.41, 5.74) is 2.80. The predicted molar refractivity (Wildman–Crippen MR) is 118 cm³/mol. The molecule has 0 saturated carbocycles. The molecule has 156 valence electrons. The van der Waals surface area contributed by atoms with Crippen LogP contribution in [0.3, 0.4) is 0 Å². The van der Waals surface area contributed by atoms with Gasteiger partial charge in [-0.2, -0.15) is 0 Å². The third-order valence-corrected chi connectivity index (χ3v) is 7.57. The Morgan fingerprint density at radius 2 is 1.83 bits per heavy atom. The molecule has 1 fully saturated rings. The number of piperidine rings is 1. The highest BCUT2D eigenvalue weighted by molar-refractivity contribution is 7.89. The molecule has 1 N–H and O–H groups in total. The summed E-state index contributed by atoms with van der Waals surface area (Å²) < 4.78 is 26.8. The molecule has 7 heteroatoms. The van der Waals surface area contributed by atoms with Crippen LogP contribution in [0, 0.1) is 12.8 Å². The van der Waals surface area contributed by atoms with Crippen LogP contribution in [0.15, 0.2) is 48.5 Å². The largest absolute Gasteiger partial charge is 0.326 e. The first kappa shape index (κ1) is 21.8. The number of halogens is 1. The number of benzene rings is 2. The number of aryl methyl sites for hydroxylation is 2. The Balaban J connectivity index is 1.48. The molecule has 0 aromatic heterocycles. The van der Waals surface area contributed by atoms with Gasteiger partial charge in [0.15, 0.2) is 0 Å². The van der Waals surface area contributed by atoms with E-state index in [1.165, 1.54) is 4.31 Å². The molecule has 2 aromatic rings. The number of hydrogen-bond donors (Lipinski definition) is 1. The van der Waals surface area contributed by atoms with Crippen molar-refractivity contribution in [3.63, 3.8) is 0 Å². The molecule has 0 bridgehead atoms. The van der Waals surface area contributed by atoms with Crippen LogP contribution in [0.25, 0.3) is 0 Å². The number of carbonyl (C=O) groups is 1. The van der Waals surface area contributed by atoms with Gasteiger partial charge in [-0.25, -0.2) is 12.7 Å². The first-order valence-corrected chi connectivity index (χ1v) is 11.9. The van der Waals surface area contributed by atoms with Crippen LogP contribution in [0.5, 0.6) is 0 Å². The van der Waals surface area contributed by atoms with E-state index in [1.54, 1.807) is 12.1 Å². The Morgan fingerprint density at radius 1 is 1.14 bits per heavy atom. The van der Waals surface area contributed by atoms with Crippen molar-refractivity contribution in [2.75, 3.05) is 24.2 Å². The highest BCUT2D eigenvalue weighted by Gasteiger charge is 2.30. The number of anilines is 1. The minimum atomic E-state index is -3.29. The van der Waals surface area contributed by atoms with Gasteiger partial charge in [0.05, 0.1) is 5.75 Å². The van der Waals surface area contributed by atoms with Crippen molar-refractivity contribution in [2.45, 2.75) is 32.6 Å². The Bertz CT molecular complexity index is 940. The molecule has 0 unspecified atom stereocenters. The average molecular weight is 435 g/mol. The van der Waals surface area contributed by atoms with Crippen LogP contribution in [-0.4, -0.2) is 37.5 Å². The summed E-state index contributed by atoms with van der Waals surface area (Å²) >= 11 is 5.96. The summed E-state index contributed by atoms with van der Waals surface area (Å²) in [5.74, 6) is -0.0969. The number of nitrogens with zero attached hydrogens (tertiary/aromatic N) is 1. The highest BCUT2D eigenvalue weighted by atomic mass is 35.5. The molecule has 0 aliphatic carbocycles. The summed E-state index contributed by atoms with van der Waals surface area (Å²) in [6, 6.07) is 15.3. The lowest BCUT2D eigenvalue weighted by Gasteiger charge is -2.30. The first-order valence-electron chi connectivity index (χ1n) is 9.94. The molecule has 1 aliphatic rings. The Morgan fingerprint density at radius 3 is 2.48 bits per heavy atom. The molecule has 29 heavy (non-hydrogen) atoms. The lowest BCUT2D eigenvalue weighted by molar-refractivity contribution is -0.120. The number of amides is 1. The lowest BCUT2D eigenvalue weighted by Crippen LogP contribution is -2.42. The fraction of sp³-hybridized carbons (Fsp3) is 0.409. The van der Waals surface area contributed by atoms with Gasteiger partial charge in [0.25, 0.3) is 0 Å². The second-order valence-electron chi connectivity index (χ2n) is 7.53. The van der Waals surface area contributed by atoms with Gasteiger partial charge >= 0.3 is 0 Å². The van der Waals surface area contributed by atoms with Crippen molar-refractivity contribution < 1.29 is 13.2 Å². The molecule has 0 spiro atoms. The number of rotatable bonds is 7. The number of carbonyl (C=O) groups excluding carboxylic acids is 1. The second kappa shape index (κ2) is 9.74. The monoisotopic (exact) mass is 434 g/mol. The first-order chi connectivity index (χ1) is 13.8. The molecule has 3 rings (SSSR count). The number of hydrogen-bond acceptors (Lipinski definition) is 3. The molecule has 2 aromatic carbocycles. The molecule has 1 heterocycles. The van der Waals surface area contributed by atoms with E-state index in [2.05, 4.69) is 5.32 Å². The van der Waals surface area contributed by atoms with Gasteiger partial charge in [-0.1, -0.05) is 41.9 Å². The van der Waals surface area contributed by atoms with Crippen molar-refractivity contribution in [1.82, 2.24) is 4.31 Å². The second-order valence-corrected chi connectivity index (χ2v) is 10.1. The third-order valence-electron chi connectivity index (χ3n) is 5.37. The van der Waals surface area contributed by atoms with Gasteiger partial charge < -0.3 is 5.32 Å². The Kier molecular flexibility index (Phi) is 7.33. The van der Waals surface area contributed by atoms with Crippen LogP contribution in [-0.2, 0) is 21.2 Å². The van der Waals surface area contributed by atoms with E-state index in [1.807, 2.05) is 43.3 Å². The van der Waals surface area contributed by atoms with Crippen LogP contribution in [0.2, 0.25) is 5.02 Å². The van der Waals surface area contributed by atoms with Crippen molar-refractivity contribution in [3.05, 3.63) is 64.7 Å². The maximum Gasteiger partial charge on any atom is 0.227 e. The molecule has 0 atom stereocenters. The Labute approximate surface area is 178 Å². The van der Waals surface area contributed by atoms with E-state index < -0.39 is 10.0 Å². The van der Waals surface area contributed by atoms with E-state index in [4.69, 9.17) is 11.6 Å². The Hall–Kier alpha value is -1.89. The maximum absolute atomic E-state index is 12.6. The van der Waals surface area contributed by atoms with Crippen LogP contribution in [0.4, 0.5) is 5.69 Å². The van der Waals surface area contributed by atoms with Gasteiger partial charge in [-0.3, -0.25) is 4.79 Å². The summed E-state index contributed by atoms with van der Waals surface area (Å²) in [7, 11) is -3.29. The van der Waals surface area contributed by atoms with Crippen molar-refractivity contribution >= 4 is 33.2 Å². The van der Waals surface area contributed by atoms with E-state index in [0.717, 1.165) is 23.2 Å². The molecular weight excluding hydrogens is 408 g/mol. The summed E-state index contributed by atoms with van der Waals surface area (Å²) in [6.07, 6.45) is 2.43. The molecule has 0 radical (unpaired) electrons. The molecule has 1 aliphatic heterocycles. The zero-order valence-corrected chi connectivity index (χ0v) is 18.2. The van der Waals surface area contributed by atoms with E-state index >= 15 is 0 Å². The molecule has 1 amide bonds. The lowest BCUT2D eigenvalue weighted by atomic mass is 9.97. The zero-order chi connectivity index (χ0) is 20.9. The number of nitrogens with one attached hydrogen (secondary N) is 1. The van der Waals surface area contributed by atoms with E-state index in [9.17, 15) is 13.2 Å². The van der Waals surface area contributed by atoms with Crippen molar-refractivity contribution in [3.8, 4) is 0 Å². The molecule has 1 saturated heterocycles. The minimum Gasteiger partial charge on any atom is -0.326 e. The summed E-state index contributed by atoms with van der Waals surface area (Å²) in [6.45, 7) is 2.68. The van der Waals surface area contributed by atoms with Crippen LogP contribution >= 0.6 is 11.6 Å². The summed E-state index contributed by atoms with van der Waals surface area (Å²) in [5, 5.41) is 3.58. The van der Waals surface area contributed by atoms with E-state index in [0.29, 0.717) is 37.4 Å². The fourth-order valence-corrected chi connectivity index (χ4v) is 5.39. The topological polar surface area (TPSA) is 66.5 Å². The van der Waals surface area contributed by atoms with Crippen LogP contribution in [0.1, 0.15) is 30.4 Å². The standard InChI is InChI=1S/C22H27ClN2O3S/c1-17-16-20(23)9-10-21(17)24-22(26)19-11-13-25(14-12-19)29(27,28)15-5-8-18-6-3-2-4-7-18/h2-4,6-7,9-10,16,19H,5,8,11-15H2,1H3,(H,24,26). The molecule has 5 nitrogen and oxygen atoms in total. The van der Waals surface area contributed by atoms with Gasteiger partial charge in [0.1, 0.15) is 0 Å². The highest BCUT2D eigenvalue weighted by Crippen LogP contribution is 2.24. The van der Waals surface area contributed by atoms with Crippen molar-refractivity contribution in [2.24, 2.45) is 5.92 Å². The van der Waals surface area contributed by atoms with Crippen LogP contribution < -0.4 is 5.32 Å². The zero-order valence-electron chi connectivity index (χ0n) is 16.6. The van der Waals surface area contributed by atoms with Gasteiger partial charge in [0.2, 0.25) is 15.9 Å². The minimum absolute atomic E-state index is 0.0588. The smallest absolute Gasteiger partial charge is 0.227 e. The fourth-order valence-electron chi connectivity index (χ4n) is 3.63. The quantitative estimate of drug-likeness (QED) is 0.707. The van der Waals surface area contributed by atoms with Gasteiger partial charge in [0, 0.05) is 29.7 Å². The van der Waals surface area contributed by atoms with E-state index in [-0.39, 0.29) is 17.6 Å². The third kappa shape index (κ3) is 6.04. The average Bonchev–Trinajstić information content (AvgIpc) is 2.71.